The van der Waals surface area contributed by atoms with E-state index in [1.54, 1.807) is 7.11 Å². The summed E-state index contributed by atoms with van der Waals surface area (Å²) in [7, 11) is 1.71. The van der Waals surface area contributed by atoms with Gasteiger partial charge in [0.2, 0.25) is 0 Å². The summed E-state index contributed by atoms with van der Waals surface area (Å²) in [6.07, 6.45) is 0. The van der Waals surface area contributed by atoms with Crippen molar-refractivity contribution < 1.29 is 4.74 Å². The quantitative estimate of drug-likeness (QED) is 0.881. The Bertz CT molecular complexity index is 537. The fourth-order valence-electron chi connectivity index (χ4n) is 1.67. The minimum atomic E-state index is -0.229. The van der Waals surface area contributed by atoms with Gasteiger partial charge in [-0.05, 0) is 30.9 Å². The van der Waals surface area contributed by atoms with Crippen molar-refractivity contribution >= 4 is 22.4 Å². The zero-order chi connectivity index (χ0) is 13.9. The second-order valence-electron chi connectivity index (χ2n) is 4.96. The van der Waals surface area contributed by atoms with Gasteiger partial charge in [0.1, 0.15) is 10.8 Å². The van der Waals surface area contributed by atoms with Crippen LogP contribution >= 0.6 is 11.5 Å². The van der Waals surface area contributed by atoms with Gasteiger partial charge in [0, 0.05) is 13.7 Å². The number of rotatable bonds is 5. The Morgan fingerprint density at radius 3 is 2.63 bits per heavy atom. The van der Waals surface area contributed by atoms with Crippen molar-refractivity contribution in [2.24, 2.45) is 0 Å². The van der Waals surface area contributed by atoms with E-state index in [0.717, 1.165) is 16.1 Å². The molecule has 0 fully saturated rings. The van der Waals surface area contributed by atoms with Gasteiger partial charge in [-0.1, -0.05) is 30.3 Å². The van der Waals surface area contributed by atoms with Gasteiger partial charge in [-0.3, -0.25) is 0 Å². The van der Waals surface area contributed by atoms with E-state index >= 15 is 0 Å². The summed E-state index contributed by atoms with van der Waals surface area (Å²) in [5.74, 6) is 0.564. The molecule has 1 aromatic heterocycles. The molecular weight excluding hydrogens is 258 g/mol. The van der Waals surface area contributed by atoms with Gasteiger partial charge in [-0.2, -0.15) is 4.37 Å². The Kier molecular flexibility index (Phi) is 4.07. The van der Waals surface area contributed by atoms with Crippen molar-refractivity contribution in [3.05, 3.63) is 30.3 Å². The van der Waals surface area contributed by atoms with Crippen LogP contribution in [-0.2, 0) is 4.74 Å². The van der Waals surface area contributed by atoms with Gasteiger partial charge in [0.05, 0.1) is 11.2 Å². The first-order valence-electron chi connectivity index (χ1n) is 6.13. The lowest BCUT2D eigenvalue weighted by Gasteiger charge is -2.23. The highest BCUT2D eigenvalue weighted by atomic mass is 32.1. The number of methoxy groups -OCH3 is 1. The van der Waals surface area contributed by atoms with Crippen LogP contribution in [0.1, 0.15) is 13.8 Å². The summed E-state index contributed by atoms with van der Waals surface area (Å²) in [4.78, 5) is 0. The maximum Gasteiger partial charge on any atom is 0.147 e. The minimum Gasteiger partial charge on any atom is -0.382 e. The molecule has 0 saturated heterocycles. The number of ether oxygens (including phenoxy) is 1. The molecule has 2 rings (SSSR count). The van der Waals surface area contributed by atoms with Crippen LogP contribution in [0.4, 0.5) is 10.8 Å². The fraction of sp³-hybridized carbons (Fsp3) is 0.357. The molecule has 0 aliphatic heterocycles. The second-order valence-corrected chi connectivity index (χ2v) is 5.73. The molecule has 0 spiro atoms. The monoisotopic (exact) mass is 277 g/mol. The molecule has 0 unspecified atom stereocenters. The SMILES string of the molecule is COC(C)(C)CNc1snc(N)c1-c1ccccc1. The van der Waals surface area contributed by atoms with E-state index in [4.69, 9.17) is 10.5 Å². The molecule has 0 amide bonds. The van der Waals surface area contributed by atoms with E-state index in [2.05, 4.69) is 9.69 Å². The lowest BCUT2D eigenvalue weighted by atomic mass is 10.1. The van der Waals surface area contributed by atoms with E-state index in [1.165, 1.54) is 11.5 Å². The summed E-state index contributed by atoms with van der Waals surface area (Å²) < 4.78 is 9.64. The standard InChI is InChI=1S/C14H19N3OS/c1-14(2,18-3)9-16-13-11(12(15)17-19-13)10-7-5-4-6-8-10/h4-8,16H,9H2,1-3H3,(H2,15,17). The summed E-state index contributed by atoms with van der Waals surface area (Å²) in [5.41, 5.74) is 7.79. The van der Waals surface area contributed by atoms with Crippen LogP contribution in [0.15, 0.2) is 30.3 Å². The number of benzene rings is 1. The minimum absolute atomic E-state index is 0.229. The molecule has 3 N–H and O–H groups in total. The number of nitrogens with one attached hydrogen (secondary N) is 1. The molecule has 0 bridgehead atoms. The average Bonchev–Trinajstić information content (AvgIpc) is 2.79. The predicted molar refractivity (Wildman–Crippen MR) is 81.5 cm³/mol. The zero-order valence-electron chi connectivity index (χ0n) is 11.4. The Balaban J connectivity index is 2.24. The van der Waals surface area contributed by atoms with Gasteiger partial charge in [-0.25, -0.2) is 0 Å². The Morgan fingerprint density at radius 1 is 1.32 bits per heavy atom. The van der Waals surface area contributed by atoms with Crippen molar-refractivity contribution in [1.82, 2.24) is 4.37 Å². The first kappa shape index (κ1) is 13.8. The highest BCUT2D eigenvalue weighted by Crippen LogP contribution is 2.36. The normalized spacial score (nSPS) is 11.5. The second kappa shape index (κ2) is 5.59. The Hall–Kier alpha value is -1.59. The van der Waals surface area contributed by atoms with Crippen molar-refractivity contribution in [2.45, 2.75) is 19.4 Å². The number of nitrogen functional groups attached to an aromatic ring is 1. The Morgan fingerprint density at radius 2 is 2.00 bits per heavy atom. The third-order valence-electron chi connectivity index (χ3n) is 3.01. The van der Waals surface area contributed by atoms with Crippen LogP contribution in [-0.4, -0.2) is 23.6 Å². The van der Waals surface area contributed by atoms with Gasteiger partial charge in [0.25, 0.3) is 0 Å². The highest BCUT2D eigenvalue weighted by molar-refractivity contribution is 7.11. The first-order valence-corrected chi connectivity index (χ1v) is 6.90. The predicted octanol–water partition coefficient (Wildman–Crippen LogP) is 3.23. The largest absolute Gasteiger partial charge is 0.382 e. The highest BCUT2D eigenvalue weighted by Gasteiger charge is 2.19. The lowest BCUT2D eigenvalue weighted by molar-refractivity contribution is 0.0344. The van der Waals surface area contributed by atoms with Crippen molar-refractivity contribution in [3.8, 4) is 11.1 Å². The number of nitrogens with zero attached hydrogens (tertiary/aromatic N) is 1. The molecule has 0 aliphatic rings. The van der Waals surface area contributed by atoms with Crippen molar-refractivity contribution in [2.75, 3.05) is 24.7 Å². The maximum absolute atomic E-state index is 5.97. The topological polar surface area (TPSA) is 60.2 Å². The van der Waals surface area contributed by atoms with Crippen LogP contribution in [0, 0.1) is 0 Å². The molecule has 0 atom stereocenters. The molecule has 102 valence electrons. The fourth-order valence-corrected chi connectivity index (χ4v) is 2.40. The molecule has 19 heavy (non-hydrogen) atoms. The smallest absolute Gasteiger partial charge is 0.147 e. The number of nitrogens with two attached hydrogens (primary N) is 1. The van der Waals surface area contributed by atoms with E-state index in [9.17, 15) is 0 Å². The van der Waals surface area contributed by atoms with E-state index in [0.29, 0.717) is 12.4 Å². The number of aromatic nitrogens is 1. The third-order valence-corrected chi connectivity index (χ3v) is 3.83. The lowest BCUT2D eigenvalue weighted by Crippen LogP contribution is -2.31. The summed E-state index contributed by atoms with van der Waals surface area (Å²) >= 11 is 1.38. The first-order chi connectivity index (χ1) is 9.03. The van der Waals surface area contributed by atoms with Crippen LogP contribution in [0.25, 0.3) is 11.1 Å². The third kappa shape index (κ3) is 3.24. The van der Waals surface area contributed by atoms with E-state index in [1.807, 2.05) is 44.2 Å². The Labute approximate surface area is 117 Å². The molecule has 0 aliphatic carbocycles. The molecular formula is C14H19N3OS. The molecule has 0 saturated carbocycles. The van der Waals surface area contributed by atoms with Gasteiger partial charge in [0.15, 0.2) is 0 Å². The summed E-state index contributed by atoms with van der Waals surface area (Å²) in [6.45, 7) is 4.77. The van der Waals surface area contributed by atoms with Crippen LogP contribution in [0.5, 0.6) is 0 Å². The summed E-state index contributed by atoms with van der Waals surface area (Å²) in [6, 6.07) is 10.0. The van der Waals surface area contributed by atoms with E-state index in [-0.39, 0.29) is 5.60 Å². The summed E-state index contributed by atoms with van der Waals surface area (Å²) in [5, 5.41) is 4.36. The van der Waals surface area contributed by atoms with Crippen LogP contribution in [0.3, 0.4) is 0 Å². The molecule has 4 nitrogen and oxygen atoms in total. The molecule has 2 aromatic rings. The van der Waals surface area contributed by atoms with E-state index < -0.39 is 0 Å². The number of anilines is 2. The zero-order valence-corrected chi connectivity index (χ0v) is 12.3. The molecule has 1 heterocycles. The molecule has 5 heteroatoms. The van der Waals surface area contributed by atoms with Gasteiger partial charge < -0.3 is 15.8 Å². The average molecular weight is 277 g/mol. The molecule has 1 aromatic carbocycles. The number of hydrogen-bond acceptors (Lipinski definition) is 5. The van der Waals surface area contributed by atoms with Gasteiger partial charge >= 0.3 is 0 Å². The molecule has 0 radical (unpaired) electrons. The van der Waals surface area contributed by atoms with Gasteiger partial charge in [-0.15, -0.1) is 0 Å². The maximum atomic E-state index is 5.97. The van der Waals surface area contributed by atoms with Crippen molar-refractivity contribution in [3.63, 3.8) is 0 Å². The van der Waals surface area contributed by atoms with Crippen LogP contribution < -0.4 is 11.1 Å². The van der Waals surface area contributed by atoms with Crippen molar-refractivity contribution in [1.29, 1.82) is 0 Å². The van der Waals surface area contributed by atoms with Crippen LogP contribution in [0.2, 0.25) is 0 Å². The number of hydrogen-bond donors (Lipinski definition) is 2.